The molecule has 0 heterocycles. The highest BCUT2D eigenvalue weighted by Crippen LogP contribution is 2.17. The second-order valence-corrected chi connectivity index (χ2v) is 3.77. The number of aliphatic carboxylic acids is 1. The van der Waals surface area contributed by atoms with Gasteiger partial charge in [-0.1, -0.05) is 12.1 Å². The molecule has 94 valence electrons. The second kappa shape index (κ2) is 5.68. The maximum atomic E-state index is 11.5. The van der Waals surface area contributed by atoms with Gasteiger partial charge in [0, 0.05) is 0 Å². The van der Waals surface area contributed by atoms with E-state index in [1.807, 2.05) is 6.07 Å². The van der Waals surface area contributed by atoms with Gasteiger partial charge in [-0.05, 0) is 25.5 Å². The molecule has 0 fully saturated rings. The van der Waals surface area contributed by atoms with Crippen LogP contribution in [-0.4, -0.2) is 23.1 Å². The molecule has 18 heavy (non-hydrogen) atoms. The summed E-state index contributed by atoms with van der Waals surface area (Å²) in [4.78, 5) is 22.1. The summed E-state index contributed by atoms with van der Waals surface area (Å²) in [6.45, 7) is 3.10. The maximum Gasteiger partial charge on any atom is 0.325 e. The van der Waals surface area contributed by atoms with Crippen molar-refractivity contribution in [3.8, 4) is 6.07 Å². The summed E-state index contributed by atoms with van der Waals surface area (Å²) in [5, 5.41) is 22.3. The van der Waals surface area contributed by atoms with Gasteiger partial charge < -0.3 is 15.7 Å². The van der Waals surface area contributed by atoms with E-state index in [1.165, 1.54) is 6.92 Å². The molecule has 0 aliphatic heterocycles. The quantitative estimate of drug-likeness (QED) is 0.752. The predicted molar refractivity (Wildman–Crippen MR) is 65.1 cm³/mol. The first kappa shape index (κ1) is 13.5. The molecule has 0 aliphatic carbocycles. The summed E-state index contributed by atoms with van der Waals surface area (Å²) in [5.74, 6) is -1.13. The fourth-order valence-electron chi connectivity index (χ4n) is 1.34. The Kier molecular flexibility index (Phi) is 4.27. The SMILES string of the molecule is Cc1cccc(NC(=O)N[C@@H](C)C(=O)O)c1C#N. The Bertz CT molecular complexity index is 520. The van der Waals surface area contributed by atoms with E-state index in [0.717, 1.165) is 5.56 Å². The second-order valence-electron chi connectivity index (χ2n) is 3.77. The third kappa shape index (κ3) is 3.22. The molecule has 0 aromatic heterocycles. The number of nitrogens with zero attached hydrogens (tertiary/aromatic N) is 1. The average Bonchev–Trinajstić information content (AvgIpc) is 2.28. The van der Waals surface area contributed by atoms with Gasteiger partial charge in [-0.15, -0.1) is 0 Å². The zero-order chi connectivity index (χ0) is 13.7. The molecule has 1 aromatic rings. The van der Waals surface area contributed by atoms with Gasteiger partial charge in [-0.3, -0.25) is 4.79 Å². The van der Waals surface area contributed by atoms with Crippen LogP contribution in [0.4, 0.5) is 10.5 Å². The number of hydrogen-bond donors (Lipinski definition) is 3. The van der Waals surface area contributed by atoms with Gasteiger partial charge >= 0.3 is 12.0 Å². The molecule has 1 aromatic carbocycles. The van der Waals surface area contributed by atoms with Crippen molar-refractivity contribution < 1.29 is 14.7 Å². The third-order valence-corrected chi connectivity index (χ3v) is 2.35. The Hall–Kier alpha value is -2.55. The number of rotatable bonds is 3. The van der Waals surface area contributed by atoms with Crippen LogP contribution in [0.25, 0.3) is 0 Å². The molecule has 0 unspecified atom stereocenters. The lowest BCUT2D eigenvalue weighted by Crippen LogP contribution is -2.41. The summed E-state index contributed by atoms with van der Waals surface area (Å²) >= 11 is 0. The Morgan fingerprint density at radius 2 is 2.11 bits per heavy atom. The minimum absolute atomic E-state index is 0.354. The van der Waals surface area contributed by atoms with Crippen LogP contribution in [0.3, 0.4) is 0 Å². The smallest absolute Gasteiger partial charge is 0.325 e. The van der Waals surface area contributed by atoms with Gasteiger partial charge in [0.05, 0.1) is 11.3 Å². The molecule has 0 saturated carbocycles. The lowest BCUT2D eigenvalue weighted by Gasteiger charge is -2.12. The van der Waals surface area contributed by atoms with E-state index in [9.17, 15) is 9.59 Å². The monoisotopic (exact) mass is 247 g/mol. The van der Waals surface area contributed by atoms with Gasteiger partial charge in [-0.25, -0.2) is 4.79 Å². The number of amides is 2. The fourth-order valence-corrected chi connectivity index (χ4v) is 1.34. The first-order chi connectivity index (χ1) is 8.45. The largest absolute Gasteiger partial charge is 0.480 e. The third-order valence-electron chi connectivity index (χ3n) is 2.35. The first-order valence-corrected chi connectivity index (χ1v) is 5.25. The van der Waals surface area contributed by atoms with E-state index >= 15 is 0 Å². The summed E-state index contributed by atoms with van der Waals surface area (Å²) in [7, 11) is 0. The molecule has 1 rings (SSSR count). The summed E-state index contributed by atoms with van der Waals surface area (Å²) in [6.07, 6.45) is 0. The summed E-state index contributed by atoms with van der Waals surface area (Å²) in [6, 6.07) is 5.36. The lowest BCUT2D eigenvalue weighted by atomic mass is 10.1. The van der Waals surface area contributed by atoms with Crippen molar-refractivity contribution in [3.63, 3.8) is 0 Å². The highest BCUT2D eigenvalue weighted by atomic mass is 16.4. The Balaban J connectivity index is 2.80. The first-order valence-electron chi connectivity index (χ1n) is 5.25. The summed E-state index contributed by atoms with van der Waals surface area (Å²) < 4.78 is 0. The number of benzene rings is 1. The van der Waals surface area contributed by atoms with Crippen molar-refractivity contribution in [2.24, 2.45) is 0 Å². The molecule has 1 atom stereocenters. The molecule has 6 nitrogen and oxygen atoms in total. The molecule has 0 aliphatic rings. The van der Waals surface area contributed by atoms with Gasteiger partial charge in [0.15, 0.2) is 0 Å². The standard InChI is InChI=1S/C12H13N3O3/c1-7-4-3-5-10(9(7)6-13)15-12(18)14-8(2)11(16)17/h3-5,8H,1-2H3,(H,16,17)(H2,14,15,18)/t8-/m0/s1. The molecular formula is C12H13N3O3. The topological polar surface area (TPSA) is 102 Å². The van der Waals surface area contributed by atoms with E-state index in [4.69, 9.17) is 10.4 Å². The minimum atomic E-state index is -1.13. The number of carboxylic acid groups (broad SMARTS) is 1. The van der Waals surface area contributed by atoms with Crippen LogP contribution in [0.2, 0.25) is 0 Å². The fraction of sp³-hybridized carbons (Fsp3) is 0.250. The van der Waals surface area contributed by atoms with Gasteiger partial charge in [-0.2, -0.15) is 5.26 Å². The number of urea groups is 1. The molecule has 2 amide bonds. The van der Waals surface area contributed by atoms with Crippen LogP contribution < -0.4 is 10.6 Å². The lowest BCUT2D eigenvalue weighted by molar-refractivity contribution is -0.138. The predicted octanol–water partition coefficient (Wildman–Crippen LogP) is 1.46. The number of carbonyl (C=O) groups is 2. The number of aryl methyl sites for hydroxylation is 1. The molecule has 3 N–H and O–H groups in total. The Morgan fingerprint density at radius 1 is 1.44 bits per heavy atom. The highest BCUT2D eigenvalue weighted by molar-refractivity contribution is 5.93. The highest BCUT2D eigenvalue weighted by Gasteiger charge is 2.15. The zero-order valence-corrected chi connectivity index (χ0v) is 10.0. The van der Waals surface area contributed by atoms with Crippen LogP contribution in [0.15, 0.2) is 18.2 Å². The average molecular weight is 247 g/mol. The Morgan fingerprint density at radius 3 is 2.67 bits per heavy atom. The van der Waals surface area contributed by atoms with Crippen molar-refractivity contribution in [1.82, 2.24) is 5.32 Å². The van der Waals surface area contributed by atoms with Gasteiger partial charge in [0.25, 0.3) is 0 Å². The van der Waals surface area contributed by atoms with Crippen molar-refractivity contribution in [1.29, 1.82) is 5.26 Å². The maximum absolute atomic E-state index is 11.5. The number of carboxylic acids is 1. The normalized spacial score (nSPS) is 11.2. The zero-order valence-electron chi connectivity index (χ0n) is 10.0. The van der Waals surface area contributed by atoms with E-state index in [1.54, 1.807) is 25.1 Å². The molecular weight excluding hydrogens is 234 g/mol. The van der Waals surface area contributed by atoms with Crippen molar-refractivity contribution in [2.45, 2.75) is 19.9 Å². The summed E-state index contributed by atoms with van der Waals surface area (Å²) in [5.41, 5.74) is 1.45. The van der Waals surface area contributed by atoms with Crippen LogP contribution in [0, 0.1) is 18.3 Å². The minimum Gasteiger partial charge on any atom is -0.480 e. The number of anilines is 1. The van der Waals surface area contributed by atoms with Gasteiger partial charge in [0.2, 0.25) is 0 Å². The Labute approximate surface area is 104 Å². The van der Waals surface area contributed by atoms with E-state index in [-0.39, 0.29) is 0 Å². The van der Waals surface area contributed by atoms with Crippen LogP contribution >= 0.6 is 0 Å². The molecule has 0 bridgehead atoms. The van der Waals surface area contributed by atoms with Crippen molar-refractivity contribution in [3.05, 3.63) is 29.3 Å². The van der Waals surface area contributed by atoms with Crippen molar-refractivity contribution >= 4 is 17.7 Å². The van der Waals surface area contributed by atoms with Crippen LogP contribution in [0.5, 0.6) is 0 Å². The molecule has 0 saturated heterocycles. The van der Waals surface area contributed by atoms with E-state index < -0.39 is 18.0 Å². The number of nitriles is 1. The van der Waals surface area contributed by atoms with E-state index in [0.29, 0.717) is 11.3 Å². The van der Waals surface area contributed by atoms with Crippen LogP contribution in [0.1, 0.15) is 18.1 Å². The molecule has 6 heteroatoms. The van der Waals surface area contributed by atoms with Gasteiger partial charge in [0.1, 0.15) is 12.1 Å². The van der Waals surface area contributed by atoms with E-state index in [2.05, 4.69) is 10.6 Å². The number of hydrogen-bond acceptors (Lipinski definition) is 3. The molecule has 0 spiro atoms. The number of nitrogens with one attached hydrogen (secondary N) is 2. The van der Waals surface area contributed by atoms with Crippen LogP contribution in [-0.2, 0) is 4.79 Å². The molecule has 0 radical (unpaired) electrons. The number of carbonyl (C=O) groups excluding carboxylic acids is 1. The van der Waals surface area contributed by atoms with Crippen molar-refractivity contribution in [2.75, 3.05) is 5.32 Å².